The second kappa shape index (κ2) is 8.34. The number of guanidine groups is 1. The smallest absolute Gasteiger partial charge is 0.237 e. The van der Waals surface area contributed by atoms with Crippen molar-refractivity contribution in [1.29, 1.82) is 0 Å². The lowest BCUT2D eigenvalue weighted by Crippen LogP contribution is -2.50. The zero-order valence-corrected chi connectivity index (χ0v) is 15.2. The third-order valence-corrected chi connectivity index (χ3v) is 4.62. The van der Waals surface area contributed by atoms with Gasteiger partial charge in [-0.25, -0.2) is 0 Å². The molecule has 136 valence electrons. The summed E-state index contributed by atoms with van der Waals surface area (Å²) in [5.74, 6) is 1.01. The molecule has 0 bridgehead atoms. The molecule has 0 spiro atoms. The summed E-state index contributed by atoms with van der Waals surface area (Å²) in [7, 11) is 0. The molecule has 6 heteroatoms. The van der Waals surface area contributed by atoms with Crippen molar-refractivity contribution in [3.05, 3.63) is 29.8 Å². The van der Waals surface area contributed by atoms with Crippen LogP contribution in [-0.4, -0.2) is 48.5 Å². The normalized spacial score (nSPS) is 20.9. The number of piperidine rings is 1. The fourth-order valence-electron chi connectivity index (χ4n) is 3.40. The van der Waals surface area contributed by atoms with Crippen molar-refractivity contribution in [2.45, 2.75) is 51.7 Å². The summed E-state index contributed by atoms with van der Waals surface area (Å²) in [5, 5.41) is 9.55. The lowest BCUT2D eigenvalue weighted by atomic mass is 10.00. The zero-order valence-electron chi connectivity index (χ0n) is 15.2. The van der Waals surface area contributed by atoms with E-state index in [4.69, 9.17) is 0 Å². The number of hydrogen-bond acceptors (Lipinski definition) is 5. The van der Waals surface area contributed by atoms with Gasteiger partial charge in [0.25, 0.3) is 0 Å². The van der Waals surface area contributed by atoms with Crippen LogP contribution in [0.3, 0.4) is 0 Å². The van der Waals surface area contributed by atoms with Crippen molar-refractivity contribution >= 4 is 17.6 Å². The van der Waals surface area contributed by atoms with E-state index in [1.54, 1.807) is 0 Å². The van der Waals surface area contributed by atoms with Gasteiger partial charge in [0.05, 0.1) is 12.6 Å². The summed E-state index contributed by atoms with van der Waals surface area (Å²) in [6, 6.07) is 8.59. The van der Waals surface area contributed by atoms with Gasteiger partial charge in [0.2, 0.25) is 5.91 Å². The van der Waals surface area contributed by atoms with E-state index in [9.17, 15) is 4.79 Å². The van der Waals surface area contributed by atoms with Crippen LogP contribution in [0.1, 0.15) is 38.7 Å². The lowest BCUT2D eigenvalue weighted by Gasteiger charge is -2.35. The average Bonchev–Trinajstić information content (AvgIpc) is 3.09. The highest BCUT2D eigenvalue weighted by Gasteiger charge is 2.28. The largest absolute Gasteiger partial charge is 0.354 e. The Morgan fingerprint density at radius 2 is 2.12 bits per heavy atom. The number of nitrogens with zero attached hydrogens (tertiary/aromatic N) is 2. The van der Waals surface area contributed by atoms with Crippen LogP contribution in [-0.2, 0) is 11.3 Å². The van der Waals surface area contributed by atoms with E-state index in [0.717, 1.165) is 57.1 Å². The van der Waals surface area contributed by atoms with Gasteiger partial charge in [0, 0.05) is 24.8 Å². The van der Waals surface area contributed by atoms with Crippen molar-refractivity contribution in [3.8, 4) is 0 Å². The summed E-state index contributed by atoms with van der Waals surface area (Å²) in [6.45, 7) is 7.55. The molecule has 0 radical (unpaired) electrons. The Bertz CT molecular complexity index is 611. The van der Waals surface area contributed by atoms with E-state index in [-0.39, 0.29) is 18.0 Å². The van der Waals surface area contributed by atoms with Gasteiger partial charge in [-0.3, -0.25) is 14.7 Å². The molecule has 0 saturated carbocycles. The molecule has 1 amide bonds. The van der Waals surface area contributed by atoms with E-state index in [2.05, 4.69) is 50.1 Å². The zero-order chi connectivity index (χ0) is 17.6. The van der Waals surface area contributed by atoms with Crippen molar-refractivity contribution < 1.29 is 4.79 Å². The Hall–Kier alpha value is -2.08. The molecule has 1 aromatic rings. The number of anilines is 1. The Labute approximate surface area is 150 Å². The van der Waals surface area contributed by atoms with Gasteiger partial charge in [-0.2, -0.15) is 0 Å². The van der Waals surface area contributed by atoms with Crippen molar-refractivity contribution in [3.63, 3.8) is 0 Å². The molecule has 1 atom stereocenters. The molecule has 2 aliphatic rings. The Morgan fingerprint density at radius 3 is 2.80 bits per heavy atom. The van der Waals surface area contributed by atoms with Crippen LogP contribution in [0.4, 0.5) is 5.69 Å². The third kappa shape index (κ3) is 4.95. The first-order valence-corrected chi connectivity index (χ1v) is 9.30. The molecule has 2 heterocycles. The molecule has 1 aromatic carbocycles. The van der Waals surface area contributed by atoms with E-state index < -0.39 is 0 Å². The average molecular weight is 343 g/mol. The maximum absolute atomic E-state index is 12.5. The van der Waals surface area contributed by atoms with Gasteiger partial charge in [-0.05, 0) is 50.9 Å². The molecular weight excluding hydrogens is 314 g/mol. The maximum Gasteiger partial charge on any atom is 0.237 e. The van der Waals surface area contributed by atoms with Crippen LogP contribution in [0.25, 0.3) is 0 Å². The molecule has 3 rings (SSSR count). The third-order valence-electron chi connectivity index (χ3n) is 4.62. The van der Waals surface area contributed by atoms with Crippen LogP contribution < -0.4 is 16.0 Å². The highest BCUT2D eigenvalue weighted by Crippen LogP contribution is 2.21. The van der Waals surface area contributed by atoms with Gasteiger partial charge in [-0.15, -0.1) is 0 Å². The highest BCUT2D eigenvalue weighted by molar-refractivity contribution is 5.94. The topological polar surface area (TPSA) is 68.8 Å². The number of aliphatic imine (C=N–C) groups is 1. The number of hydrogen-bond donors (Lipinski definition) is 3. The molecule has 1 fully saturated rings. The lowest BCUT2D eigenvalue weighted by molar-refractivity contribution is -0.128. The Morgan fingerprint density at radius 1 is 1.32 bits per heavy atom. The second-order valence-electron chi connectivity index (χ2n) is 7.12. The van der Waals surface area contributed by atoms with E-state index in [1.165, 1.54) is 5.56 Å². The van der Waals surface area contributed by atoms with Crippen LogP contribution in [0.5, 0.6) is 0 Å². The minimum atomic E-state index is -0.00834. The van der Waals surface area contributed by atoms with Crippen LogP contribution in [0.2, 0.25) is 0 Å². The van der Waals surface area contributed by atoms with E-state index >= 15 is 0 Å². The second-order valence-corrected chi connectivity index (χ2v) is 7.12. The molecule has 3 N–H and O–H groups in total. The fourth-order valence-corrected chi connectivity index (χ4v) is 3.40. The molecule has 25 heavy (non-hydrogen) atoms. The number of carbonyl (C=O) groups is 1. The summed E-state index contributed by atoms with van der Waals surface area (Å²) in [6.07, 6.45) is 3.24. The monoisotopic (exact) mass is 343 g/mol. The standard InChI is InChI=1S/C19H29N5O/c1-14(2)22-18(25)17-5-3-4-12-24(17)13-15-6-8-16(9-7-15)23-19-20-10-11-21-19/h6-9,14,17H,3-5,10-13H2,1-2H3,(H,22,25)(H2,20,21,23). The molecule has 0 aliphatic carbocycles. The van der Waals surface area contributed by atoms with Crippen molar-refractivity contribution in [2.24, 2.45) is 4.99 Å². The first-order valence-electron chi connectivity index (χ1n) is 9.30. The summed E-state index contributed by atoms with van der Waals surface area (Å²) < 4.78 is 0. The number of rotatable bonds is 5. The molecular formula is C19H29N5O. The number of carbonyl (C=O) groups excluding carboxylic acids is 1. The molecule has 0 aromatic heterocycles. The Kier molecular flexibility index (Phi) is 5.91. The number of amides is 1. The van der Waals surface area contributed by atoms with Crippen LogP contribution in [0, 0.1) is 0 Å². The molecule has 1 saturated heterocycles. The molecule has 1 unspecified atom stereocenters. The summed E-state index contributed by atoms with van der Waals surface area (Å²) in [4.78, 5) is 19.1. The maximum atomic E-state index is 12.5. The van der Waals surface area contributed by atoms with Crippen molar-refractivity contribution in [2.75, 3.05) is 25.0 Å². The fraction of sp³-hybridized carbons (Fsp3) is 0.579. The van der Waals surface area contributed by atoms with Gasteiger partial charge in [0.1, 0.15) is 0 Å². The van der Waals surface area contributed by atoms with Gasteiger partial charge in [-0.1, -0.05) is 18.6 Å². The highest BCUT2D eigenvalue weighted by atomic mass is 16.2. The predicted octanol–water partition coefficient (Wildman–Crippen LogP) is 1.94. The number of likely N-dealkylation sites (tertiary alicyclic amines) is 1. The van der Waals surface area contributed by atoms with Gasteiger partial charge < -0.3 is 16.0 Å². The van der Waals surface area contributed by atoms with Gasteiger partial charge >= 0.3 is 0 Å². The van der Waals surface area contributed by atoms with Crippen molar-refractivity contribution in [1.82, 2.24) is 15.5 Å². The predicted molar refractivity (Wildman–Crippen MR) is 102 cm³/mol. The SMILES string of the molecule is CC(C)NC(=O)C1CCCCN1Cc1ccc(NC2=NCCN2)cc1. The first-order chi connectivity index (χ1) is 12.1. The minimum Gasteiger partial charge on any atom is -0.354 e. The summed E-state index contributed by atoms with van der Waals surface area (Å²) >= 11 is 0. The molecule has 6 nitrogen and oxygen atoms in total. The minimum absolute atomic E-state index is 0.00834. The van der Waals surface area contributed by atoms with Gasteiger partial charge in [0.15, 0.2) is 5.96 Å². The number of nitrogens with one attached hydrogen (secondary N) is 3. The van der Waals surface area contributed by atoms with Crippen LogP contribution >= 0.6 is 0 Å². The van der Waals surface area contributed by atoms with E-state index in [1.807, 2.05) is 13.8 Å². The van der Waals surface area contributed by atoms with Crippen LogP contribution in [0.15, 0.2) is 29.3 Å². The number of benzene rings is 1. The van der Waals surface area contributed by atoms with E-state index in [0.29, 0.717) is 0 Å². The Balaban J connectivity index is 1.60. The first kappa shape index (κ1) is 17.7. The quantitative estimate of drug-likeness (QED) is 0.764. The summed E-state index contributed by atoms with van der Waals surface area (Å²) in [5.41, 5.74) is 2.26. The molecule has 2 aliphatic heterocycles.